The van der Waals surface area contributed by atoms with E-state index in [0.29, 0.717) is 24.5 Å². The second-order valence-corrected chi connectivity index (χ2v) is 9.28. The number of ether oxygens (including phenoxy) is 2. The lowest BCUT2D eigenvalue weighted by atomic mass is 9.86. The number of aromatic amines is 1. The zero-order valence-corrected chi connectivity index (χ0v) is 20.2. The number of hydrogen-bond acceptors (Lipinski definition) is 4. The van der Waals surface area contributed by atoms with Gasteiger partial charge in [-0.05, 0) is 34.9 Å². The molecule has 2 aliphatic rings. The van der Waals surface area contributed by atoms with Crippen molar-refractivity contribution >= 4 is 22.7 Å². The van der Waals surface area contributed by atoms with E-state index in [-0.39, 0.29) is 18.4 Å². The molecule has 7 heteroatoms. The third-order valence-corrected chi connectivity index (χ3v) is 7.28. The van der Waals surface area contributed by atoms with Crippen LogP contribution in [0.5, 0.6) is 11.5 Å². The summed E-state index contributed by atoms with van der Waals surface area (Å²) in [6.45, 7) is 0.459. The fourth-order valence-electron chi connectivity index (χ4n) is 5.63. The molecule has 0 aliphatic carbocycles. The highest BCUT2D eigenvalue weighted by Crippen LogP contribution is 2.44. The van der Waals surface area contributed by atoms with E-state index in [0.717, 1.165) is 33.3 Å². The van der Waals surface area contributed by atoms with Crippen LogP contribution in [0.15, 0.2) is 72.8 Å². The number of aromatic nitrogens is 1. The van der Waals surface area contributed by atoms with Gasteiger partial charge in [0.25, 0.3) is 0 Å². The topological polar surface area (TPSA) is 74.9 Å². The maximum absolute atomic E-state index is 13.9. The molecule has 3 aromatic carbocycles. The summed E-state index contributed by atoms with van der Waals surface area (Å²) in [5.74, 6) is 1.09. The SMILES string of the molecule is COc1ccc([C@H]2c3[nH]c4ccccc4c3C[C@H]3C(=O)N(Cc4ccccc4)CC(=O)N23)cc1OC. The number of methoxy groups -OCH3 is 2. The lowest BCUT2D eigenvalue weighted by Crippen LogP contribution is -2.62. The first-order chi connectivity index (χ1) is 17.6. The predicted octanol–water partition coefficient (Wildman–Crippen LogP) is 4.07. The average Bonchev–Trinajstić information content (AvgIpc) is 3.29. The number of rotatable bonds is 5. The number of hydrogen-bond donors (Lipinski definition) is 1. The first kappa shape index (κ1) is 22.2. The summed E-state index contributed by atoms with van der Waals surface area (Å²) in [6.07, 6.45) is 0.471. The summed E-state index contributed by atoms with van der Waals surface area (Å²) >= 11 is 0. The summed E-state index contributed by atoms with van der Waals surface area (Å²) in [7, 11) is 3.19. The second-order valence-electron chi connectivity index (χ2n) is 9.28. The summed E-state index contributed by atoms with van der Waals surface area (Å²) in [4.78, 5) is 34.6. The normalized spacial score (nSPS) is 19.3. The molecule has 1 saturated heterocycles. The van der Waals surface area contributed by atoms with Crippen LogP contribution in [0.2, 0.25) is 0 Å². The van der Waals surface area contributed by atoms with Gasteiger partial charge in [0.1, 0.15) is 12.6 Å². The van der Waals surface area contributed by atoms with Crippen LogP contribution in [0.4, 0.5) is 0 Å². The Kier molecular flexibility index (Phi) is 5.40. The molecule has 7 nitrogen and oxygen atoms in total. The van der Waals surface area contributed by atoms with Crippen LogP contribution < -0.4 is 9.47 Å². The van der Waals surface area contributed by atoms with E-state index >= 15 is 0 Å². The summed E-state index contributed by atoms with van der Waals surface area (Å²) in [6, 6.07) is 22.6. The molecule has 2 aliphatic heterocycles. The highest BCUT2D eigenvalue weighted by atomic mass is 16.5. The number of fused-ring (bicyclic) bond motifs is 4. The smallest absolute Gasteiger partial charge is 0.246 e. The molecule has 0 spiro atoms. The van der Waals surface area contributed by atoms with Crippen molar-refractivity contribution in [1.29, 1.82) is 0 Å². The van der Waals surface area contributed by atoms with Crippen molar-refractivity contribution < 1.29 is 19.1 Å². The summed E-state index contributed by atoms with van der Waals surface area (Å²) < 4.78 is 11.0. The van der Waals surface area contributed by atoms with Crippen LogP contribution in [0, 0.1) is 0 Å². The Balaban J connectivity index is 1.47. The van der Waals surface area contributed by atoms with E-state index in [2.05, 4.69) is 11.1 Å². The molecule has 2 atom stereocenters. The maximum atomic E-state index is 13.9. The Labute approximate surface area is 209 Å². The van der Waals surface area contributed by atoms with Crippen molar-refractivity contribution in [3.05, 3.63) is 95.2 Å². The van der Waals surface area contributed by atoms with E-state index in [1.165, 1.54) is 0 Å². The first-order valence-corrected chi connectivity index (χ1v) is 12.0. The summed E-state index contributed by atoms with van der Waals surface area (Å²) in [5.41, 5.74) is 4.88. The van der Waals surface area contributed by atoms with Crippen LogP contribution in [-0.2, 0) is 22.6 Å². The Hall–Kier alpha value is -4.26. The fraction of sp³-hybridized carbons (Fsp3) is 0.241. The number of carbonyl (C=O) groups excluding carboxylic acids is 2. The van der Waals surface area contributed by atoms with Gasteiger partial charge in [0.05, 0.1) is 20.3 Å². The van der Waals surface area contributed by atoms with Crippen molar-refractivity contribution in [1.82, 2.24) is 14.8 Å². The molecule has 182 valence electrons. The second kappa shape index (κ2) is 8.75. The number of benzene rings is 3. The minimum Gasteiger partial charge on any atom is -0.493 e. The van der Waals surface area contributed by atoms with Gasteiger partial charge < -0.3 is 24.3 Å². The molecule has 3 heterocycles. The molecule has 2 amide bonds. The number of piperazine rings is 1. The number of amides is 2. The number of nitrogens with one attached hydrogen (secondary N) is 1. The molecule has 0 saturated carbocycles. The van der Waals surface area contributed by atoms with E-state index < -0.39 is 12.1 Å². The van der Waals surface area contributed by atoms with E-state index in [9.17, 15) is 9.59 Å². The largest absolute Gasteiger partial charge is 0.493 e. The number of H-pyrrole nitrogens is 1. The Morgan fingerprint density at radius 1 is 0.917 bits per heavy atom. The van der Waals surface area contributed by atoms with Gasteiger partial charge in [-0.1, -0.05) is 54.6 Å². The van der Waals surface area contributed by atoms with E-state index in [1.54, 1.807) is 24.0 Å². The van der Waals surface area contributed by atoms with Crippen LogP contribution in [-0.4, -0.2) is 53.4 Å². The van der Waals surface area contributed by atoms with Crippen LogP contribution in [0.3, 0.4) is 0 Å². The maximum Gasteiger partial charge on any atom is 0.246 e. The van der Waals surface area contributed by atoms with Crippen LogP contribution in [0.1, 0.15) is 28.4 Å². The molecule has 36 heavy (non-hydrogen) atoms. The Bertz CT molecular complexity index is 1460. The molecule has 4 aromatic rings. The van der Waals surface area contributed by atoms with Gasteiger partial charge in [-0.15, -0.1) is 0 Å². The standard InChI is InChI=1S/C29H27N3O4/c1-35-24-13-12-19(14-25(24)36-2)28-27-21(20-10-6-7-11-22(20)30-27)15-23-29(34)31(17-26(33)32(23)28)16-18-8-4-3-5-9-18/h3-14,23,28,30H,15-17H2,1-2H3/t23-,28-/m0/s1. The monoisotopic (exact) mass is 481 g/mol. The van der Waals surface area contributed by atoms with Gasteiger partial charge in [0.2, 0.25) is 11.8 Å². The van der Waals surface area contributed by atoms with Crippen molar-refractivity contribution in [2.24, 2.45) is 0 Å². The number of para-hydroxylation sites is 1. The van der Waals surface area contributed by atoms with Gasteiger partial charge in [-0.3, -0.25) is 9.59 Å². The lowest BCUT2D eigenvalue weighted by Gasteiger charge is -2.47. The van der Waals surface area contributed by atoms with Crippen LogP contribution >= 0.6 is 0 Å². The molecular weight excluding hydrogens is 454 g/mol. The fourth-order valence-corrected chi connectivity index (χ4v) is 5.63. The third kappa shape index (κ3) is 3.50. The van der Waals surface area contributed by atoms with Crippen molar-refractivity contribution in [3.63, 3.8) is 0 Å². The molecule has 1 fully saturated rings. The van der Waals surface area contributed by atoms with E-state index in [4.69, 9.17) is 9.47 Å². The zero-order chi connectivity index (χ0) is 24.8. The van der Waals surface area contributed by atoms with E-state index in [1.807, 2.05) is 66.7 Å². The van der Waals surface area contributed by atoms with Crippen molar-refractivity contribution in [2.75, 3.05) is 20.8 Å². The molecule has 1 aromatic heterocycles. The van der Waals surface area contributed by atoms with Gasteiger partial charge in [0, 0.05) is 29.6 Å². The summed E-state index contributed by atoms with van der Waals surface area (Å²) in [5, 5.41) is 1.08. The highest BCUT2D eigenvalue weighted by molar-refractivity contribution is 5.97. The van der Waals surface area contributed by atoms with Gasteiger partial charge in [-0.25, -0.2) is 0 Å². The van der Waals surface area contributed by atoms with Gasteiger partial charge in [-0.2, -0.15) is 0 Å². The van der Waals surface area contributed by atoms with Gasteiger partial charge in [0.15, 0.2) is 11.5 Å². The quantitative estimate of drug-likeness (QED) is 0.466. The van der Waals surface area contributed by atoms with Crippen LogP contribution in [0.25, 0.3) is 10.9 Å². The minimum absolute atomic E-state index is 0.0279. The van der Waals surface area contributed by atoms with Gasteiger partial charge >= 0.3 is 0 Å². The zero-order valence-electron chi connectivity index (χ0n) is 20.2. The van der Waals surface area contributed by atoms with Crippen molar-refractivity contribution in [3.8, 4) is 11.5 Å². The lowest BCUT2D eigenvalue weighted by molar-refractivity contribution is -0.159. The molecule has 0 unspecified atom stereocenters. The average molecular weight is 482 g/mol. The third-order valence-electron chi connectivity index (χ3n) is 7.28. The predicted molar refractivity (Wildman–Crippen MR) is 136 cm³/mol. The Morgan fingerprint density at radius 2 is 1.67 bits per heavy atom. The highest BCUT2D eigenvalue weighted by Gasteiger charge is 2.48. The molecule has 6 rings (SSSR count). The molecule has 0 radical (unpaired) electrons. The van der Waals surface area contributed by atoms with Crippen molar-refractivity contribution in [2.45, 2.75) is 25.0 Å². The first-order valence-electron chi connectivity index (χ1n) is 12.0. The molecule has 1 N–H and O–H groups in total. The Morgan fingerprint density at radius 3 is 2.44 bits per heavy atom. The molecular formula is C29H27N3O4. The molecule has 0 bridgehead atoms. The minimum atomic E-state index is -0.584. The number of nitrogens with zero attached hydrogens (tertiary/aromatic N) is 2. The number of carbonyl (C=O) groups is 2.